The summed E-state index contributed by atoms with van der Waals surface area (Å²) in [7, 11) is 0. The van der Waals surface area contributed by atoms with E-state index >= 15 is 0 Å². The first-order valence-corrected chi connectivity index (χ1v) is 21.5. The highest BCUT2D eigenvalue weighted by Gasteiger charge is 2.25. The molecule has 0 aliphatic rings. The molecule has 276 valence electrons. The zero-order valence-corrected chi connectivity index (χ0v) is 33.9. The third kappa shape index (κ3) is 6.28. The van der Waals surface area contributed by atoms with Crippen molar-refractivity contribution >= 4 is 76.7 Å². The molecule has 0 fully saturated rings. The lowest BCUT2D eigenvalue weighted by Gasteiger charge is -2.22. The van der Waals surface area contributed by atoms with Gasteiger partial charge < -0.3 is 0 Å². The molecule has 2 nitrogen and oxygen atoms in total. The molecule has 4 heteroatoms. The van der Waals surface area contributed by atoms with E-state index in [1.165, 1.54) is 80.8 Å². The first kappa shape index (κ1) is 35.6. The number of aromatic nitrogens is 2. The average Bonchev–Trinajstić information content (AvgIpc) is 3.63. The minimum atomic E-state index is 0.673. The number of thiophene rings is 1. The van der Waals surface area contributed by atoms with Gasteiger partial charge in [0.05, 0.1) is 22.4 Å². The highest BCUT2D eigenvalue weighted by molar-refractivity contribution is 7.79. The predicted octanol–water partition coefficient (Wildman–Crippen LogP) is 14.8. The minimum absolute atomic E-state index is 0.673. The van der Waals surface area contributed by atoms with Crippen LogP contribution in [-0.2, 0) is 25.0 Å². The summed E-state index contributed by atoms with van der Waals surface area (Å²) in [6.07, 6.45) is 3.63. The van der Waals surface area contributed by atoms with Crippen molar-refractivity contribution in [1.29, 1.82) is 0 Å². The van der Waals surface area contributed by atoms with Gasteiger partial charge in [-0.2, -0.15) is 12.6 Å². The molecule has 0 amide bonds. The van der Waals surface area contributed by atoms with Crippen LogP contribution in [0, 0.1) is 6.92 Å². The monoisotopic (exact) mass is 770 g/mol. The standard InChI is InChI=1S/C53H42N2S2/c1-3-14-42-45(32-56)49(40-23-11-7-15-33(40)2)43(53-50(42)44-30-37-19-8-9-20-38(37)31-48(44)57-53)26-28-46-51(39-22-13-21-36(29-39)34-16-5-4-6-17-34)54-47-27-25-35-18-10-12-24-41(35)52(47)55-46/h4-13,15-25,27,29-31,56H,3,14,26,28,32H2,1-2H3. The topological polar surface area (TPSA) is 25.8 Å². The van der Waals surface area contributed by atoms with Crippen molar-refractivity contribution < 1.29 is 0 Å². The third-order valence-electron chi connectivity index (χ3n) is 11.7. The Morgan fingerprint density at radius 3 is 2.09 bits per heavy atom. The van der Waals surface area contributed by atoms with Crippen LogP contribution in [0.4, 0.5) is 0 Å². The van der Waals surface area contributed by atoms with Crippen molar-refractivity contribution in [2.75, 3.05) is 0 Å². The average molecular weight is 771 g/mol. The van der Waals surface area contributed by atoms with Crippen molar-refractivity contribution in [3.63, 3.8) is 0 Å². The fourth-order valence-corrected chi connectivity index (χ4v) is 10.6. The molecule has 2 heterocycles. The first-order valence-electron chi connectivity index (χ1n) is 20.0. The van der Waals surface area contributed by atoms with Gasteiger partial charge in [0.15, 0.2) is 0 Å². The normalized spacial score (nSPS) is 11.8. The van der Waals surface area contributed by atoms with Crippen molar-refractivity contribution in [2.45, 2.75) is 45.3 Å². The van der Waals surface area contributed by atoms with Crippen LogP contribution in [0.25, 0.3) is 86.3 Å². The summed E-state index contributed by atoms with van der Waals surface area (Å²) in [5, 5.41) is 7.64. The SMILES string of the molecule is CCCc1c(CS)c(-c2ccccc2C)c(CCc2nc3c(ccc4ccccc43)nc2-c2cccc(-c3ccccc3)c2)c2sc3cc4ccccc4cc3c12. The number of fused-ring (bicyclic) bond motifs is 7. The molecule has 0 spiro atoms. The highest BCUT2D eigenvalue weighted by Crippen LogP contribution is 2.48. The number of hydrogen-bond acceptors (Lipinski definition) is 4. The lowest BCUT2D eigenvalue weighted by atomic mass is 9.84. The minimum Gasteiger partial charge on any atom is -0.248 e. The van der Waals surface area contributed by atoms with Crippen LogP contribution in [0.15, 0.2) is 152 Å². The molecule has 10 aromatic rings. The molecule has 2 aromatic heterocycles. The zero-order chi connectivity index (χ0) is 38.5. The second-order valence-corrected chi connectivity index (χ2v) is 16.5. The van der Waals surface area contributed by atoms with Crippen LogP contribution in [0.3, 0.4) is 0 Å². The summed E-state index contributed by atoms with van der Waals surface area (Å²) in [4.78, 5) is 11.1. The molecular formula is C53H42N2S2. The Bertz CT molecular complexity index is 3140. The van der Waals surface area contributed by atoms with Crippen LogP contribution in [0.2, 0.25) is 0 Å². The molecule has 57 heavy (non-hydrogen) atoms. The number of hydrogen-bond donors (Lipinski definition) is 1. The van der Waals surface area contributed by atoms with Gasteiger partial charge in [0.1, 0.15) is 0 Å². The zero-order valence-electron chi connectivity index (χ0n) is 32.2. The Morgan fingerprint density at radius 1 is 0.561 bits per heavy atom. The Morgan fingerprint density at radius 2 is 1.28 bits per heavy atom. The molecule has 0 aliphatic carbocycles. The maximum atomic E-state index is 5.59. The van der Waals surface area contributed by atoms with Crippen LogP contribution < -0.4 is 0 Å². The summed E-state index contributed by atoms with van der Waals surface area (Å²) in [5.41, 5.74) is 15.4. The van der Waals surface area contributed by atoms with E-state index < -0.39 is 0 Å². The number of aryl methyl sites for hydroxylation is 4. The predicted molar refractivity (Wildman–Crippen MR) is 249 cm³/mol. The molecule has 0 unspecified atom stereocenters. The molecule has 10 rings (SSSR count). The van der Waals surface area contributed by atoms with Gasteiger partial charge in [-0.25, -0.2) is 9.97 Å². The van der Waals surface area contributed by atoms with E-state index in [-0.39, 0.29) is 0 Å². The smallest absolute Gasteiger partial charge is 0.0968 e. The van der Waals surface area contributed by atoms with Gasteiger partial charge in [0, 0.05) is 36.9 Å². The van der Waals surface area contributed by atoms with E-state index in [0.29, 0.717) is 5.75 Å². The summed E-state index contributed by atoms with van der Waals surface area (Å²) >= 11 is 7.09. The lowest BCUT2D eigenvalue weighted by Crippen LogP contribution is -2.06. The largest absolute Gasteiger partial charge is 0.248 e. The summed E-state index contributed by atoms with van der Waals surface area (Å²) in [6, 6.07) is 54.8. The Balaban J connectivity index is 1.23. The maximum Gasteiger partial charge on any atom is 0.0968 e. The fourth-order valence-electron chi connectivity index (χ4n) is 8.96. The highest BCUT2D eigenvalue weighted by atomic mass is 32.1. The number of nitrogens with zero attached hydrogens (tertiary/aromatic N) is 2. The Hall–Kier alpha value is -5.81. The van der Waals surface area contributed by atoms with E-state index in [0.717, 1.165) is 59.1 Å². The summed E-state index contributed by atoms with van der Waals surface area (Å²) < 4.78 is 2.73. The van der Waals surface area contributed by atoms with E-state index in [1.807, 2.05) is 11.3 Å². The molecule has 0 saturated heterocycles. The molecule has 0 bridgehead atoms. The van der Waals surface area contributed by atoms with Gasteiger partial charge in [0.25, 0.3) is 0 Å². The van der Waals surface area contributed by atoms with E-state index in [1.54, 1.807) is 0 Å². The second-order valence-electron chi connectivity index (χ2n) is 15.2. The molecule has 0 atom stereocenters. The van der Waals surface area contributed by atoms with Crippen LogP contribution in [-0.4, -0.2) is 9.97 Å². The van der Waals surface area contributed by atoms with Gasteiger partial charge >= 0.3 is 0 Å². The third-order valence-corrected chi connectivity index (χ3v) is 13.2. The van der Waals surface area contributed by atoms with Crippen molar-refractivity contribution in [3.05, 3.63) is 180 Å². The van der Waals surface area contributed by atoms with E-state index in [2.05, 4.69) is 166 Å². The van der Waals surface area contributed by atoms with Gasteiger partial charge in [0.2, 0.25) is 0 Å². The quantitative estimate of drug-likeness (QED) is 0.117. The van der Waals surface area contributed by atoms with Crippen molar-refractivity contribution in [2.24, 2.45) is 0 Å². The number of benzene rings is 8. The molecule has 8 aromatic carbocycles. The lowest BCUT2D eigenvalue weighted by molar-refractivity contribution is 0.908. The van der Waals surface area contributed by atoms with Gasteiger partial charge in [-0.15, -0.1) is 11.3 Å². The van der Waals surface area contributed by atoms with Crippen molar-refractivity contribution in [1.82, 2.24) is 9.97 Å². The molecule has 0 aliphatic heterocycles. The maximum absolute atomic E-state index is 5.59. The second kappa shape index (κ2) is 14.9. The van der Waals surface area contributed by atoms with Crippen LogP contribution in [0.5, 0.6) is 0 Å². The summed E-state index contributed by atoms with van der Waals surface area (Å²) in [6.45, 7) is 4.55. The summed E-state index contributed by atoms with van der Waals surface area (Å²) in [5.74, 6) is 0.673. The van der Waals surface area contributed by atoms with E-state index in [9.17, 15) is 0 Å². The van der Waals surface area contributed by atoms with Crippen LogP contribution in [0.1, 0.15) is 41.3 Å². The first-order chi connectivity index (χ1) is 28.1. The fraction of sp³-hybridized carbons (Fsp3) is 0.132. The molecular weight excluding hydrogens is 729 g/mol. The number of rotatable bonds is 9. The molecule has 0 saturated carbocycles. The Kier molecular flexibility index (Phi) is 9.32. The molecule has 0 N–H and O–H groups in total. The molecule has 0 radical (unpaired) electrons. The van der Waals surface area contributed by atoms with Gasteiger partial charge in [-0.1, -0.05) is 141 Å². The van der Waals surface area contributed by atoms with Crippen molar-refractivity contribution in [3.8, 4) is 33.5 Å². The number of thiol groups is 1. The van der Waals surface area contributed by atoms with Gasteiger partial charge in [-0.3, -0.25) is 0 Å². The van der Waals surface area contributed by atoms with E-state index in [4.69, 9.17) is 22.6 Å². The van der Waals surface area contributed by atoms with Crippen LogP contribution >= 0.6 is 24.0 Å². The van der Waals surface area contributed by atoms with Gasteiger partial charge in [-0.05, 0) is 111 Å². The Labute approximate surface area is 343 Å².